The summed E-state index contributed by atoms with van der Waals surface area (Å²) in [5.41, 5.74) is -3.91. The third kappa shape index (κ3) is 14.6. The van der Waals surface area contributed by atoms with Gasteiger partial charge in [-0.3, -0.25) is 18.7 Å². The van der Waals surface area contributed by atoms with E-state index in [0.717, 1.165) is 10.6 Å². The number of rotatable bonds is 26. The van der Waals surface area contributed by atoms with Gasteiger partial charge in [-0.1, -0.05) is 72.8 Å². The molecule has 2 heterocycles. The standard InChI is InChI=1S/C56H66N6O12P2S/c1-39(2)62(40(3)4)75(69-37-17-33-57)71-49-47(38-68-56(42-20-15-12-16-21-42,43-22-26-45(66-9)27-23-43)44-24-28-46(67-10)29-25-44)70-52(60-36-30-48(63)61(53(60)65)51(64)41-18-13-11-14-19-41)50(49)72-76(77,73-54(5,6)31-34-58)74-55(7,8)32-35-59/h11-16,18-30,36,39-40,47,49-50,52H,17,31-32,37-38H2,1-10H3/t47-,49-,50-,52-,75?/m1/s1. The topological polar surface area (TPSA) is 219 Å². The Balaban J connectivity index is 1.66. The molecule has 1 fully saturated rings. The third-order valence-corrected chi connectivity index (χ3v) is 17.1. The Labute approximate surface area is 456 Å². The van der Waals surface area contributed by atoms with E-state index in [2.05, 4.69) is 18.2 Å². The van der Waals surface area contributed by atoms with E-state index in [4.69, 9.17) is 53.4 Å². The van der Waals surface area contributed by atoms with Gasteiger partial charge in [-0.25, -0.2) is 9.46 Å². The Kier molecular flexibility index (Phi) is 20.8. The van der Waals surface area contributed by atoms with Crippen LogP contribution < -0.4 is 20.7 Å². The van der Waals surface area contributed by atoms with Crippen LogP contribution in [0.2, 0.25) is 0 Å². The van der Waals surface area contributed by atoms with Crippen molar-refractivity contribution in [3.8, 4) is 29.7 Å². The van der Waals surface area contributed by atoms with Gasteiger partial charge in [0.05, 0.1) is 76.1 Å². The predicted octanol–water partition coefficient (Wildman–Crippen LogP) is 10.3. The molecule has 1 aromatic heterocycles. The summed E-state index contributed by atoms with van der Waals surface area (Å²) in [4.78, 5) is 43.0. The Morgan fingerprint density at radius 1 is 0.740 bits per heavy atom. The van der Waals surface area contributed by atoms with Crippen LogP contribution in [0.25, 0.3) is 0 Å². The van der Waals surface area contributed by atoms with E-state index in [1.54, 1.807) is 60.1 Å². The summed E-state index contributed by atoms with van der Waals surface area (Å²) < 4.78 is 63.4. The SMILES string of the molecule is COc1ccc(C(OC[C@H]2O[C@@H](n3ccc(=O)n(C(=O)c4ccccc4)c3=O)[C@H](OP(=S)(OC(C)(C)CC#N)OC(C)(C)CC#N)[C@@H]2OP(OCCC#N)N(C(C)C)C(C)C)(c2ccccc2)c2ccc(OC)cc2)cc1. The lowest BCUT2D eigenvalue weighted by Gasteiger charge is -2.41. The van der Waals surface area contributed by atoms with Gasteiger partial charge in [0.1, 0.15) is 35.4 Å². The van der Waals surface area contributed by atoms with Gasteiger partial charge in [0.2, 0.25) is 0 Å². The molecule has 0 N–H and O–H groups in total. The van der Waals surface area contributed by atoms with E-state index in [9.17, 15) is 25.4 Å². The lowest BCUT2D eigenvalue weighted by atomic mass is 9.80. The molecule has 18 nitrogen and oxygen atoms in total. The van der Waals surface area contributed by atoms with Crippen LogP contribution in [0.1, 0.15) is 108 Å². The maximum atomic E-state index is 15.1. The van der Waals surface area contributed by atoms with Crippen molar-refractivity contribution in [2.75, 3.05) is 27.4 Å². The molecule has 0 bridgehead atoms. The smallest absolute Gasteiger partial charge is 0.340 e. The van der Waals surface area contributed by atoms with E-state index in [0.29, 0.717) is 32.8 Å². The van der Waals surface area contributed by atoms with Crippen LogP contribution in [0.3, 0.4) is 0 Å². The molecule has 0 spiro atoms. The number of carbonyl (C=O) groups excluding carboxylic acids is 1. The van der Waals surface area contributed by atoms with Gasteiger partial charge >= 0.3 is 12.4 Å². The van der Waals surface area contributed by atoms with Crippen molar-refractivity contribution >= 4 is 33.0 Å². The van der Waals surface area contributed by atoms with Crippen LogP contribution in [0.15, 0.2) is 131 Å². The highest BCUT2D eigenvalue weighted by atomic mass is 32.5. The Morgan fingerprint density at radius 2 is 1.25 bits per heavy atom. The Hall–Kier alpha value is -5.94. The quantitative estimate of drug-likeness (QED) is 0.0286. The summed E-state index contributed by atoms with van der Waals surface area (Å²) >= 11 is 6.33. The van der Waals surface area contributed by atoms with Crippen molar-refractivity contribution in [1.29, 1.82) is 15.8 Å². The molecule has 6 rings (SSSR count). The van der Waals surface area contributed by atoms with Crippen LogP contribution >= 0.6 is 15.2 Å². The summed E-state index contributed by atoms with van der Waals surface area (Å²) in [6, 6.07) is 39.3. The highest BCUT2D eigenvalue weighted by molar-refractivity contribution is 8.07. The van der Waals surface area contributed by atoms with E-state index < -0.39 is 73.7 Å². The van der Waals surface area contributed by atoms with Gasteiger partial charge in [-0.05, 0) is 120 Å². The van der Waals surface area contributed by atoms with Crippen molar-refractivity contribution < 1.29 is 46.4 Å². The van der Waals surface area contributed by atoms with Crippen LogP contribution in [0.4, 0.5) is 0 Å². The molecule has 408 valence electrons. The van der Waals surface area contributed by atoms with Crippen molar-refractivity contribution in [3.63, 3.8) is 0 Å². The number of nitrogens with zero attached hydrogens (tertiary/aromatic N) is 6. The lowest BCUT2D eigenvalue weighted by molar-refractivity contribution is -0.0950. The zero-order chi connectivity index (χ0) is 56.1. The fourth-order valence-corrected chi connectivity index (χ4v) is 14.1. The zero-order valence-electron chi connectivity index (χ0n) is 44.9. The van der Waals surface area contributed by atoms with Crippen molar-refractivity contribution in [3.05, 3.63) is 165 Å². The van der Waals surface area contributed by atoms with Crippen LogP contribution in [-0.2, 0) is 49.5 Å². The minimum Gasteiger partial charge on any atom is -0.497 e. The van der Waals surface area contributed by atoms with Crippen LogP contribution in [0, 0.1) is 34.0 Å². The number of nitriles is 3. The summed E-state index contributed by atoms with van der Waals surface area (Å²) in [7, 11) is 0.985. The normalized spacial score (nSPS) is 17.4. The fraction of sp³-hybridized carbons (Fsp3) is 0.429. The molecular weight excluding hydrogens is 1040 g/mol. The number of carbonyl (C=O) groups is 1. The van der Waals surface area contributed by atoms with Crippen molar-refractivity contribution in [1.82, 2.24) is 13.8 Å². The molecule has 5 atom stereocenters. The molecule has 77 heavy (non-hydrogen) atoms. The monoisotopic (exact) mass is 1110 g/mol. The third-order valence-electron chi connectivity index (χ3n) is 12.3. The first-order valence-electron chi connectivity index (χ1n) is 24.9. The number of benzene rings is 4. The minimum absolute atomic E-state index is 0.0165. The largest absolute Gasteiger partial charge is 0.497 e. The summed E-state index contributed by atoms with van der Waals surface area (Å²) in [5.74, 6) is 0.287. The van der Waals surface area contributed by atoms with Crippen molar-refractivity contribution in [2.45, 2.75) is 128 Å². The second kappa shape index (κ2) is 26.6. The highest BCUT2D eigenvalue weighted by Gasteiger charge is 2.55. The van der Waals surface area contributed by atoms with Crippen molar-refractivity contribution in [2.24, 2.45) is 0 Å². The highest BCUT2D eigenvalue weighted by Crippen LogP contribution is 2.61. The molecule has 0 amide bonds. The maximum absolute atomic E-state index is 15.1. The molecule has 0 saturated carbocycles. The molecular formula is C56H66N6O12P2S. The molecule has 5 aromatic rings. The van der Waals surface area contributed by atoms with E-state index in [1.807, 2.05) is 111 Å². The fourth-order valence-electron chi connectivity index (χ4n) is 8.83. The molecule has 4 aromatic carbocycles. The number of methoxy groups -OCH3 is 2. The summed E-state index contributed by atoms with van der Waals surface area (Å²) in [6.45, 7) is 9.78. The van der Waals surface area contributed by atoms with Crippen LogP contribution in [-0.4, -0.2) is 88.7 Å². The lowest BCUT2D eigenvalue weighted by Crippen LogP contribution is -2.47. The summed E-state index contributed by atoms with van der Waals surface area (Å²) in [6.07, 6.45) is -4.92. The van der Waals surface area contributed by atoms with Gasteiger partial charge in [0.25, 0.3) is 20.0 Å². The molecule has 1 aliphatic heterocycles. The molecule has 1 saturated heterocycles. The number of hydrogen-bond acceptors (Lipinski definition) is 17. The number of aromatic nitrogens is 2. The first-order valence-corrected chi connectivity index (χ1v) is 28.6. The van der Waals surface area contributed by atoms with E-state index >= 15 is 4.79 Å². The molecule has 1 unspecified atom stereocenters. The minimum atomic E-state index is -4.27. The molecule has 0 aliphatic carbocycles. The van der Waals surface area contributed by atoms with Gasteiger partial charge in [0.15, 0.2) is 6.23 Å². The molecule has 1 aliphatic rings. The first-order chi connectivity index (χ1) is 36.7. The van der Waals surface area contributed by atoms with Gasteiger partial charge in [0, 0.05) is 29.9 Å². The van der Waals surface area contributed by atoms with Gasteiger partial charge in [-0.15, -0.1) is 0 Å². The summed E-state index contributed by atoms with van der Waals surface area (Å²) in [5, 5.41) is 29.6. The van der Waals surface area contributed by atoms with E-state index in [-0.39, 0.29) is 50.1 Å². The van der Waals surface area contributed by atoms with Gasteiger partial charge < -0.3 is 37.0 Å². The van der Waals surface area contributed by atoms with Crippen LogP contribution in [0.5, 0.6) is 11.5 Å². The zero-order valence-corrected chi connectivity index (χ0v) is 47.5. The predicted molar refractivity (Wildman–Crippen MR) is 293 cm³/mol. The Bertz CT molecular complexity index is 2980. The number of hydrogen-bond donors (Lipinski definition) is 0. The average molecular weight is 1110 g/mol. The number of ether oxygens (including phenoxy) is 4. The molecule has 21 heteroatoms. The maximum Gasteiger partial charge on any atom is 0.340 e. The van der Waals surface area contributed by atoms with Gasteiger partial charge in [-0.2, -0.15) is 20.4 Å². The average Bonchev–Trinajstić information content (AvgIpc) is 3.74. The Morgan fingerprint density at radius 3 is 1.73 bits per heavy atom. The second-order valence-corrected chi connectivity index (χ2v) is 24.0. The molecule has 0 radical (unpaired) electrons. The first kappa shape index (κ1) is 60.3. The second-order valence-electron chi connectivity index (χ2n) is 19.7. The van der Waals surface area contributed by atoms with E-state index in [1.165, 1.54) is 18.3 Å².